The second-order valence-corrected chi connectivity index (χ2v) is 9.27. The molecule has 1 atom stereocenters. The zero-order valence-electron chi connectivity index (χ0n) is 20.1. The quantitative estimate of drug-likeness (QED) is 0.506. The molecule has 1 aliphatic heterocycles. The van der Waals surface area contributed by atoms with E-state index >= 15 is 0 Å². The number of benzene rings is 1. The van der Waals surface area contributed by atoms with Crippen molar-refractivity contribution in [3.63, 3.8) is 0 Å². The van der Waals surface area contributed by atoms with Gasteiger partial charge in [-0.1, -0.05) is 12.1 Å². The predicted molar refractivity (Wildman–Crippen MR) is 134 cm³/mol. The van der Waals surface area contributed by atoms with Crippen LogP contribution in [0.1, 0.15) is 40.3 Å². The number of hydrogen-bond donors (Lipinski definition) is 1. The molecule has 2 amide bonds. The van der Waals surface area contributed by atoms with Crippen LogP contribution >= 0.6 is 11.8 Å². The van der Waals surface area contributed by atoms with Crippen molar-refractivity contribution in [1.29, 1.82) is 0 Å². The number of methoxy groups -OCH3 is 1. The van der Waals surface area contributed by atoms with Crippen molar-refractivity contribution < 1.29 is 18.7 Å². The molecule has 1 aromatic carbocycles. The predicted octanol–water partition coefficient (Wildman–Crippen LogP) is 3.29. The number of hydrogen-bond acceptors (Lipinski definition) is 6. The van der Waals surface area contributed by atoms with E-state index in [1.165, 1.54) is 13.2 Å². The first-order valence-electron chi connectivity index (χ1n) is 11.5. The fourth-order valence-electron chi connectivity index (χ4n) is 4.31. The summed E-state index contributed by atoms with van der Waals surface area (Å²) in [7, 11) is 1.44. The highest BCUT2D eigenvalue weighted by Crippen LogP contribution is 2.24. The van der Waals surface area contributed by atoms with Crippen LogP contribution in [0.25, 0.3) is 0 Å². The van der Waals surface area contributed by atoms with E-state index in [1.807, 2.05) is 37.4 Å². The molecule has 0 unspecified atom stereocenters. The molecule has 184 valence electrons. The number of carbonyl (C=O) groups excluding carboxylic acids is 2. The Hall–Kier alpha value is -3.46. The van der Waals surface area contributed by atoms with Crippen LogP contribution in [-0.2, 0) is 24.2 Å². The Bertz CT molecular complexity index is 1250. The van der Waals surface area contributed by atoms with Gasteiger partial charge < -0.3 is 23.9 Å². The van der Waals surface area contributed by atoms with Crippen LogP contribution in [0.3, 0.4) is 0 Å². The second-order valence-electron chi connectivity index (χ2n) is 8.39. The molecule has 0 bridgehead atoms. The monoisotopic (exact) mass is 495 g/mol. The van der Waals surface area contributed by atoms with E-state index in [2.05, 4.69) is 5.32 Å². The Morgan fingerprint density at radius 2 is 1.94 bits per heavy atom. The lowest BCUT2D eigenvalue weighted by atomic mass is 10.1. The van der Waals surface area contributed by atoms with Gasteiger partial charge in [-0.3, -0.25) is 14.4 Å². The molecule has 3 heterocycles. The van der Waals surface area contributed by atoms with Crippen molar-refractivity contribution in [2.75, 3.05) is 26.5 Å². The summed E-state index contributed by atoms with van der Waals surface area (Å²) in [6.45, 7) is 2.93. The van der Waals surface area contributed by atoms with E-state index in [-0.39, 0.29) is 35.6 Å². The molecule has 9 heteroatoms. The fourth-order valence-corrected chi connectivity index (χ4v) is 4.72. The lowest BCUT2D eigenvalue weighted by Gasteiger charge is -2.20. The van der Waals surface area contributed by atoms with E-state index < -0.39 is 0 Å². The number of carbonyl (C=O) groups is 2. The van der Waals surface area contributed by atoms with Gasteiger partial charge in [-0.2, -0.15) is 0 Å². The maximum atomic E-state index is 13.3. The minimum absolute atomic E-state index is 0.00725. The van der Waals surface area contributed by atoms with Crippen LogP contribution in [0, 0.1) is 0 Å². The Balaban J connectivity index is 1.55. The number of pyridine rings is 1. The SMILES string of the molecule is COc1cc(=O)n2c(c1C(=O)N[C@@H](C)c1ccco1)CCN(C(=O)Cc1ccc(SC)cc1)CC2. The summed E-state index contributed by atoms with van der Waals surface area (Å²) in [5, 5.41) is 2.93. The highest BCUT2D eigenvalue weighted by atomic mass is 32.2. The molecule has 8 nitrogen and oxygen atoms in total. The summed E-state index contributed by atoms with van der Waals surface area (Å²) < 4.78 is 12.4. The third-order valence-corrected chi connectivity index (χ3v) is 6.97. The van der Waals surface area contributed by atoms with E-state index in [0.717, 1.165) is 10.5 Å². The Morgan fingerprint density at radius 3 is 2.60 bits per heavy atom. The van der Waals surface area contributed by atoms with Gasteiger partial charge in [-0.15, -0.1) is 11.8 Å². The van der Waals surface area contributed by atoms with Crippen LogP contribution in [0.2, 0.25) is 0 Å². The number of nitrogens with one attached hydrogen (secondary N) is 1. The molecule has 4 rings (SSSR count). The number of furan rings is 1. The molecule has 2 aromatic heterocycles. The van der Waals surface area contributed by atoms with Gasteiger partial charge in [-0.05, 0) is 43.0 Å². The van der Waals surface area contributed by atoms with Crippen LogP contribution < -0.4 is 15.6 Å². The topological polar surface area (TPSA) is 93.8 Å². The average Bonchev–Trinajstić information content (AvgIpc) is 3.31. The van der Waals surface area contributed by atoms with Gasteiger partial charge in [-0.25, -0.2) is 0 Å². The summed E-state index contributed by atoms with van der Waals surface area (Å²) in [5.74, 6) is 0.480. The summed E-state index contributed by atoms with van der Waals surface area (Å²) in [6.07, 6.45) is 4.21. The van der Waals surface area contributed by atoms with Crippen molar-refractivity contribution in [2.24, 2.45) is 0 Å². The number of aromatic nitrogens is 1. The van der Waals surface area contributed by atoms with Gasteiger partial charge in [0.15, 0.2) is 0 Å². The molecule has 0 spiro atoms. The van der Waals surface area contributed by atoms with Crippen molar-refractivity contribution in [2.45, 2.75) is 37.2 Å². The first-order chi connectivity index (χ1) is 16.9. The number of ether oxygens (including phenoxy) is 1. The molecular formula is C26H29N3O5S. The number of amides is 2. The molecule has 35 heavy (non-hydrogen) atoms. The molecule has 0 aliphatic carbocycles. The highest BCUT2D eigenvalue weighted by molar-refractivity contribution is 7.98. The van der Waals surface area contributed by atoms with E-state index in [0.29, 0.717) is 43.1 Å². The lowest BCUT2D eigenvalue weighted by Crippen LogP contribution is -2.35. The van der Waals surface area contributed by atoms with Gasteiger partial charge in [0.05, 0.1) is 25.8 Å². The minimum atomic E-state index is -0.365. The molecule has 0 saturated heterocycles. The van der Waals surface area contributed by atoms with Crippen LogP contribution in [0.5, 0.6) is 5.75 Å². The van der Waals surface area contributed by atoms with Gasteiger partial charge in [0, 0.05) is 42.7 Å². The standard InChI is InChI=1S/C26H29N3O5S/c1-17(21-5-4-14-34-21)27-26(32)25-20-10-11-28(12-13-29(20)24(31)16-22(25)33-2)23(30)15-18-6-8-19(35-3)9-7-18/h4-9,14,16-17H,10-13,15H2,1-3H3,(H,27,32)/t17-/m0/s1. The first kappa shape index (κ1) is 24.7. The maximum absolute atomic E-state index is 13.3. The molecule has 1 aliphatic rings. The minimum Gasteiger partial charge on any atom is -0.496 e. The molecular weight excluding hydrogens is 466 g/mol. The largest absolute Gasteiger partial charge is 0.496 e. The lowest BCUT2D eigenvalue weighted by molar-refractivity contribution is -0.130. The van der Waals surface area contributed by atoms with Crippen LogP contribution in [0.4, 0.5) is 0 Å². The van der Waals surface area contributed by atoms with Crippen molar-refractivity contribution in [3.8, 4) is 5.75 Å². The summed E-state index contributed by atoms with van der Waals surface area (Å²) in [4.78, 5) is 42.1. The zero-order valence-corrected chi connectivity index (χ0v) is 20.9. The van der Waals surface area contributed by atoms with Gasteiger partial charge in [0.1, 0.15) is 17.1 Å². The number of thioether (sulfide) groups is 1. The fraction of sp³-hybridized carbons (Fsp3) is 0.346. The van der Waals surface area contributed by atoms with E-state index in [4.69, 9.17) is 9.15 Å². The van der Waals surface area contributed by atoms with Gasteiger partial charge in [0.25, 0.3) is 11.5 Å². The summed E-state index contributed by atoms with van der Waals surface area (Å²) in [5.41, 5.74) is 1.57. The average molecular weight is 496 g/mol. The van der Waals surface area contributed by atoms with Crippen LogP contribution in [-0.4, -0.2) is 47.7 Å². The van der Waals surface area contributed by atoms with E-state index in [9.17, 15) is 14.4 Å². The first-order valence-corrected chi connectivity index (χ1v) is 12.7. The van der Waals surface area contributed by atoms with Crippen molar-refractivity contribution >= 4 is 23.6 Å². The molecule has 3 aromatic rings. The van der Waals surface area contributed by atoms with Crippen molar-refractivity contribution in [1.82, 2.24) is 14.8 Å². The third-order valence-electron chi connectivity index (χ3n) is 6.23. The smallest absolute Gasteiger partial charge is 0.257 e. The van der Waals surface area contributed by atoms with Gasteiger partial charge >= 0.3 is 0 Å². The van der Waals surface area contributed by atoms with Crippen LogP contribution in [0.15, 0.2) is 62.8 Å². The highest BCUT2D eigenvalue weighted by Gasteiger charge is 2.27. The number of fused-ring (bicyclic) bond motifs is 1. The molecule has 0 saturated carbocycles. The summed E-state index contributed by atoms with van der Waals surface area (Å²) in [6, 6.07) is 12.5. The Labute approximate surface area is 208 Å². The van der Waals surface area contributed by atoms with Gasteiger partial charge in [0.2, 0.25) is 5.91 Å². The maximum Gasteiger partial charge on any atom is 0.257 e. The molecule has 0 radical (unpaired) electrons. The second kappa shape index (κ2) is 10.9. The third kappa shape index (κ3) is 5.45. The van der Waals surface area contributed by atoms with Crippen molar-refractivity contribution in [3.05, 3.63) is 81.7 Å². The Kier molecular flexibility index (Phi) is 7.65. The van der Waals surface area contributed by atoms with E-state index in [1.54, 1.807) is 39.6 Å². The molecule has 1 N–H and O–H groups in total. The normalized spacial score (nSPS) is 14.1. The zero-order chi connectivity index (χ0) is 24.9. The Morgan fingerprint density at radius 1 is 1.17 bits per heavy atom. The molecule has 0 fully saturated rings. The number of rotatable bonds is 7. The summed E-state index contributed by atoms with van der Waals surface area (Å²) >= 11 is 1.65. The number of nitrogens with zero attached hydrogens (tertiary/aromatic N) is 2.